The third kappa shape index (κ3) is 7.59. The predicted molar refractivity (Wildman–Crippen MR) is 89.3 cm³/mol. The van der Waals surface area contributed by atoms with Gasteiger partial charge in [0.1, 0.15) is 0 Å². The third-order valence-electron chi connectivity index (χ3n) is 2.87. The Labute approximate surface area is 157 Å². The van der Waals surface area contributed by atoms with Gasteiger partial charge in [0, 0.05) is 5.41 Å². The van der Waals surface area contributed by atoms with Crippen LogP contribution in [0.15, 0.2) is 0 Å². The van der Waals surface area contributed by atoms with E-state index in [2.05, 4.69) is 18.9 Å². The van der Waals surface area contributed by atoms with E-state index in [0.717, 1.165) is 34.6 Å². The van der Waals surface area contributed by atoms with Gasteiger partial charge < -0.3 is 18.9 Å². The number of ether oxygens (including phenoxy) is 4. The van der Waals surface area contributed by atoms with Gasteiger partial charge in [-0.15, -0.1) is 0 Å². The lowest BCUT2D eigenvalue weighted by atomic mass is 9.97. The number of halogens is 2. The maximum atomic E-state index is 14.8. The zero-order chi connectivity index (χ0) is 21.5. The maximum absolute atomic E-state index is 14.8. The molecule has 0 aromatic heterocycles. The summed E-state index contributed by atoms with van der Waals surface area (Å²) < 4.78 is 70.3. The molecule has 0 aliphatic carbocycles. The molecule has 0 heterocycles. The fourth-order valence-corrected chi connectivity index (χ4v) is 3.58. The molecule has 12 heteroatoms. The summed E-state index contributed by atoms with van der Waals surface area (Å²) in [6.45, 7) is 8.40. The first kappa shape index (κ1) is 25.6. The minimum Gasteiger partial charge on any atom is -0.435 e. The van der Waals surface area contributed by atoms with Crippen LogP contribution in [0.25, 0.3) is 0 Å². The van der Waals surface area contributed by atoms with Gasteiger partial charge in [0.15, 0.2) is 0 Å². The monoisotopic (exact) mass is 420 g/mol. The summed E-state index contributed by atoms with van der Waals surface area (Å²) in [5.74, 6) is 0. The van der Waals surface area contributed by atoms with Crippen LogP contribution >= 0.6 is 7.60 Å². The Kier molecular flexibility index (Phi) is 9.64. The van der Waals surface area contributed by atoms with E-state index >= 15 is 0 Å². The third-order valence-corrected chi connectivity index (χ3v) is 5.38. The normalized spacial score (nSPS) is 16.6. The summed E-state index contributed by atoms with van der Waals surface area (Å²) >= 11 is 0. The van der Waals surface area contributed by atoms with Crippen LogP contribution in [0.4, 0.5) is 18.4 Å². The number of alkyl halides is 2. The molecule has 160 valence electrons. The smallest absolute Gasteiger partial charge is 0.435 e. The summed E-state index contributed by atoms with van der Waals surface area (Å²) in [6.07, 6.45) is -5.80. The standard InChI is InChI=1S/C15H27F2O9P/c1-8-21-12(18)23-10(3)25-27(20,15(16,17)14(5,6)7)26-11(4)24-13(19)22-9-2/h10-11H,8-9H2,1-7H3. The van der Waals surface area contributed by atoms with E-state index in [0.29, 0.717) is 0 Å². The van der Waals surface area contributed by atoms with Crippen LogP contribution in [-0.2, 0) is 32.6 Å². The van der Waals surface area contributed by atoms with Crippen molar-refractivity contribution in [3.8, 4) is 0 Å². The highest BCUT2D eigenvalue weighted by Gasteiger charge is 2.63. The van der Waals surface area contributed by atoms with Gasteiger partial charge in [0.2, 0.25) is 12.6 Å². The first-order chi connectivity index (χ1) is 12.2. The molecule has 0 aromatic rings. The van der Waals surface area contributed by atoms with E-state index in [1.807, 2.05) is 0 Å². The molecule has 0 N–H and O–H groups in total. The first-order valence-electron chi connectivity index (χ1n) is 8.21. The van der Waals surface area contributed by atoms with E-state index in [-0.39, 0.29) is 13.2 Å². The van der Waals surface area contributed by atoms with Crippen LogP contribution in [0.1, 0.15) is 48.5 Å². The second-order valence-electron chi connectivity index (χ2n) is 6.24. The lowest BCUT2D eigenvalue weighted by Gasteiger charge is -2.36. The van der Waals surface area contributed by atoms with E-state index < -0.39 is 43.6 Å². The number of hydrogen-bond donors (Lipinski definition) is 0. The number of carbonyl (C=O) groups is 2. The first-order valence-corrected chi connectivity index (χ1v) is 9.76. The van der Waals surface area contributed by atoms with Crippen molar-refractivity contribution in [3.63, 3.8) is 0 Å². The van der Waals surface area contributed by atoms with Crippen molar-refractivity contribution in [3.05, 3.63) is 0 Å². The van der Waals surface area contributed by atoms with Crippen LogP contribution in [0.5, 0.6) is 0 Å². The summed E-state index contributed by atoms with van der Waals surface area (Å²) in [6, 6.07) is 0. The van der Waals surface area contributed by atoms with Crippen molar-refractivity contribution in [2.75, 3.05) is 13.2 Å². The Morgan fingerprint density at radius 2 is 1.22 bits per heavy atom. The number of carbonyl (C=O) groups excluding carboxylic acids is 2. The fraction of sp³-hybridized carbons (Fsp3) is 0.867. The van der Waals surface area contributed by atoms with Crippen LogP contribution in [0.2, 0.25) is 0 Å². The molecule has 0 bridgehead atoms. The van der Waals surface area contributed by atoms with Gasteiger partial charge in [-0.1, -0.05) is 20.8 Å². The zero-order valence-corrected chi connectivity index (χ0v) is 17.3. The van der Waals surface area contributed by atoms with Gasteiger partial charge in [-0.05, 0) is 27.7 Å². The minimum atomic E-state index is -5.31. The van der Waals surface area contributed by atoms with Crippen molar-refractivity contribution in [2.45, 2.75) is 66.7 Å². The minimum absolute atomic E-state index is 0.0255. The molecule has 2 unspecified atom stereocenters. The van der Waals surface area contributed by atoms with Crippen LogP contribution in [0, 0.1) is 5.41 Å². The molecule has 0 saturated carbocycles. The molecule has 27 heavy (non-hydrogen) atoms. The van der Waals surface area contributed by atoms with E-state index in [1.165, 1.54) is 13.8 Å². The molecule has 0 aliphatic heterocycles. The highest BCUT2D eigenvalue weighted by Crippen LogP contribution is 2.69. The molecule has 0 amide bonds. The van der Waals surface area contributed by atoms with E-state index in [9.17, 15) is 22.9 Å². The molecular weight excluding hydrogens is 393 g/mol. The summed E-state index contributed by atoms with van der Waals surface area (Å²) in [5, 5.41) is 0. The van der Waals surface area contributed by atoms with Crippen molar-refractivity contribution >= 4 is 19.9 Å². The molecule has 0 spiro atoms. The molecule has 0 aromatic carbocycles. The fourth-order valence-electron chi connectivity index (χ4n) is 1.58. The second kappa shape index (κ2) is 10.2. The molecule has 0 saturated heterocycles. The van der Waals surface area contributed by atoms with Crippen molar-refractivity contribution in [1.29, 1.82) is 0 Å². The molecule has 9 nitrogen and oxygen atoms in total. The van der Waals surface area contributed by atoms with Gasteiger partial charge in [0.05, 0.1) is 13.2 Å². The van der Waals surface area contributed by atoms with Gasteiger partial charge in [-0.2, -0.15) is 8.78 Å². The average molecular weight is 420 g/mol. The number of rotatable bonds is 9. The van der Waals surface area contributed by atoms with Crippen molar-refractivity contribution < 1.29 is 50.9 Å². The topological polar surface area (TPSA) is 107 Å². The van der Waals surface area contributed by atoms with Gasteiger partial charge in [0.25, 0.3) is 0 Å². The van der Waals surface area contributed by atoms with Crippen LogP contribution in [-0.4, -0.2) is 43.8 Å². The van der Waals surface area contributed by atoms with E-state index in [1.54, 1.807) is 0 Å². The Morgan fingerprint density at radius 3 is 1.48 bits per heavy atom. The highest BCUT2D eigenvalue weighted by atomic mass is 31.2. The Bertz CT molecular complexity index is 516. The number of hydrogen-bond acceptors (Lipinski definition) is 9. The Morgan fingerprint density at radius 1 is 0.889 bits per heavy atom. The molecule has 0 radical (unpaired) electrons. The van der Waals surface area contributed by atoms with Crippen LogP contribution in [0.3, 0.4) is 0 Å². The van der Waals surface area contributed by atoms with Crippen LogP contribution < -0.4 is 0 Å². The van der Waals surface area contributed by atoms with Crippen molar-refractivity contribution in [1.82, 2.24) is 0 Å². The molecule has 0 aliphatic rings. The quantitative estimate of drug-likeness (QED) is 0.293. The largest absolute Gasteiger partial charge is 0.510 e. The molecule has 2 atom stereocenters. The molecule has 0 rings (SSSR count). The SMILES string of the molecule is CCOC(=O)OC(C)OP(=O)(OC(C)OC(=O)OCC)C(F)(F)C(C)(C)C. The summed E-state index contributed by atoms with van der Waals surface area (Å²) in [7, 11) is -5.31. The van der Waals surface area contributed by atoms with E-state index in [4.69, 9.17) is 9.05 Å². The molecule has 0 fully saturated rings. The maximum Gasteiger partial charge on any atom is 0.510 e. The second-order valence-corrected chi connectivity index (χ2v) is 8.21. The lowest BCUT2D eigenvalue weighted by molar-refractivity contribution is -0.120. The Hall–Kier alpha value is -1.45. The summed E-state index contributed by atoms with van der Waals surface area (Å²) in [5.41, 5.74) is -5.89. The van der Waals surface area contributed by atoms with Crippen molar-refractivity contribution in [2.24, 2.45) is 5.41 Å². The summed E-state index contributed by atoms with van der Waals surface area (Å²) in [4.78, 5) is 22.6. The Balaban J connectivity index is 5.49. The molecular formula is C15H27F2O9P. The van der Waals surface area contributed by atoms with Gasteiger partial charge >= 0.3 is 25.6 Å². The zero-order valence-electron chi connectivity index (χ0n) is 16.4. The van der Waals surface area contributed by atoms with Gasteiger partial charge in [-0.3, -0.25) is 13.6 Å². The van der Waals surface area contributed by atoms with Gasteiger partial charge in [-0.25, -0.2) is 9.59 Å². The predicted octanol–water partition coefficient (Wildman–Crippen LogP) is 4.89. The lowest BCUT2D eigenvalue weighted by Crippen LogP contribution is -2.38. The average Bonchev–Trinajstić information content (AvgIpc) is 2.45. The highest BCUT2D eigenvalue weighted by molar-refractivity contribution is 7.55.